The van der Waals surface area contributed by atoms with Gasteiger partial charge in [0.25, 0.3) is 0 Å². The van der Waals surface area contributed by atoms with Gasteiger partial charge in [0, 0.05) is 18.2 Å². The van der Waals surface area contributed by atoms with Crippen LogP contribution in [-0.4, -0.2) is 24.0 Å². The number of carboxylic acid groups (broad SMARTS) is 1. The van der Waals surface area contributed by atoms with E-state index in [1.54, 1.807) is 0 Å². The van der Waals surface area contributed by atoms with Crippen molar-refractivity contribution < 1.29 is 14.7 Å². The zero-order chi connectivity index (χ0) is 13.8. The molecule has 1 heterocycles. The van der Waals surface area contributed by atoms with E-state index in [-0.39, 0.29) is 18.4 Å². The van der Waals surface area contributed by atoms with Gasteiger partial charge < -0.3 is 15.7 Å². The second-order valence-corrected chi connectivity index (χ2v) is 4.77. The highest BCUT2D eigenvalue weighted by molar-refractivity contribution is 5.99. The molecule has 1 aromatic carbocycles. The molecule has 0 saturated heterocycles. The first-order chi connectivity index (χ1) is 9.10. The second kappa shape index (κ2) is 5.84. The van der Waals surface area contributed by atoms with Crippen LogP contribution in [-0.2, 0) is 16.0 Å². The summed E-state index contributed by atoms with van der Waals surface area (Å²) in [5.74, 6) is -0.738. The van der Waals surface area contributed by atoms with Crippen molar-refractivity contribution in [1.29, 1.82) is 0 Å². The number of carboxylic acids is 1. The molecule has 19 heavy (non-hydrogen) atoms. The Bertz CT molecular complexity index is 499. The highest BCUT2D eigenvalue weighted by atomic mass is 16.4. The molecular weight excluding hydrogens is 244 g/mol. The zero-order valence-electron chi connectivity index (χ0n) is 10.9. The van der Waals surface area contributed by atoms with Crippen LogP contribution in [0.3, 0.4) is 0 Å². The highest BCUT2D eigenvalue weighted by Crippen LogP contribution is 2.28. The number of nitrogens with one attached hydrogen (secondary N) is 2. The summed E-state index contributed by atoms with van der Waals surface area (Å²) in [7, 11) is 1.86. The molecule has 0 bridgehead atoms. The molecule has 5 heteroatoms. The Morgan fingerprint density at radius 1 is 1.53 bits per heavy atom. The topological polar surface area (TPSA) is 78.4 Å². The average Bonchev–Trinajstić information content (AvgIpc) is 2.73. The van der Waals surface area contributed by atoms with Crippen LogP contribution in [0.2, 0.25) is 0 Å². The Hall–Kier alpha value is -1.88. The molecule has 1 atom stereocenters. The molecule has 0 radical (unpaired) electrons. The molecule has 0 aromatic heterocycles. The van der Waals surface area contributed by atoms with Gasteiger partial charge in [0.1, 0.15) is 0 Å². The monoisotopic (exact) mass is 262 g/mol. The maximum absolute atomic E-state index is 11.3. The molecule has 5 nitrogen and oxygen atoms in total. The molecular formula is C14H18N2O3. The molecule has 0 aliphatic carbocycles. The van der Waals surface area contributed by atoms with Gasteiger partial charge in [0.05, 0.1) is 6.42 Å². The van der Waals surface area contributed by atoms with Crippen molar-refractivity contribution in [3.05, 3.63) is 29.3 Å². The van der Waals surface area contributed by atoms with Crippen LogP contribution in [0.4, 0.5) is 5.69 Å². The van der Waals surface area contributed by atoms with E-state index in [2.05, 4.69) is 10.6 Å². The quantitative estimate of drug-likeness (QED) is 0.729. The smallest absolute Gasteiger partial charge is 0.303 e. The third kappa shape index (κ3) is 3.32. The third-order valence-corrected chi connectivity index (χ3v) is 3.39. The van der Waals surface area contributed by atoms with Crippen molar-refractivity contribution >= 4 is 17.6 Å². The normalized spacial score (nSPS) is 14.9. The summed E-state index contributed by atoms with van der Waals surface area (Å²) in [6.07, 6.45) is 2.01. The van der Waals surface area contributed by atoms with Crippen LogP contribution in [0.15, 0.2) is 18.2 Å². The molecule has 1 aliphatic rings. The molecule has 0 saturated carbocycles. The molecule has 0 fully saturated rings. The Morgan fingerprint density at radius 3 is 3.00 bits per heavy atom. The summed E-state index contributed by atoms with van der Waals surface area (Å²) in [5.41, 5.74) is 3.00. The summed E-state index contributed by atoms with van der Waals surface area (Å²) >= 11 is 0. The van der Waals surface area contributed by atoms with Gasteiger partial charge in [-0.2, -0.15) is 0 Å². The maximum Gasteiger partial charge on any atom is 0.303 e. The minimum absolute atomic E-state index is 0.0269. The van der Waals surface area contributed by atoms with Gasteiger partial charge in [-0.15, -0.1) is 0 Å². The third-order valence-electron chi connectivity index (χ3n) is 3.39. The number of hydrogen-bond acceptors (Lipinski definition) is 3. The van der Waals surface area contributed by atoms with Crippen LogP contribution in [0, 0.1) is 0 Å². The van der Waals surface area contributed by atoms with Gasteiger partial charge in [-0.3, -0.25) is 9.59 Å². The lowest BCUT2D eigenvalue weighted by Crippen LogP contribution is -2.16. The van der Waals surface area contributed by atoms with Crippen molar-refractivity contribution in [3.63, 3.8) is 0 Å². The highest BCUT2D eigenvalue weighted by Gasteiger charge is 2.19. The fraction of sp³-hybridized carbons (Fsp3) is 0.429. The largest absolute Gasteiger partial charge is 0.481 e. The van der Waals surface area contributed by atoms with Gasteiger partial charge in [-0.1, -0.05) is 12.1 Å². The van der Waals surface area contributed by atoms with Crippen LogP contribution >= 0.6 is 0 Å². The minimum atomic E-state index is -0.765. The van der Waals surface area contributed by atoms with Crippen molar-refractivity contribution in [2.24, 2.45) is 0 Å². The number of fused-ring (bicyclic) bond motifs is 1. The first-order valence-electron chi connectivity index (χ1n) is 6.42. The van der Waals surface area contributed by atoms with Gasteiger partial charge in [-0.05, 0) is 37.1 Å². The minimum Gasteiger partial charge on any atom is -0.481 e. The summed E-state index contributed by atoms with van der Waals surface area (Å²) in [6, 6.07) is 6.04. The van der Waals surface area contributed by atoms with E-state index in [0.29, 0.717) is 12.8 Å². The number of carbonyl (C=O) groups excluding carboxylic acids is 1. The maximum atomic E-state index is 11.3. The fourth-order valence-electron chi connectivity index (χ4n) is 2.40. The molecule has 102 valence electrons. The lowest BCUT2D eigenvalue weighted by molar-refractivity contribution is -0.137. The molecule has 1 unspecified atom stereocenters. The van der Waals surface area contributed by atoms with E-state index in [1.807, 2.05) is 25.2 Å². The lowest BCUT2D eigenvalue weighted by atomic mass is 9.98. The Morgan fingerprint density at radius 2 is 2.32 bits per heavy atom. The molecule has 1 aliphatic heterocycles. The average molecular weight is 262 g/mol. The standard InChI is InChI=1S/C14H18N2O3/c1-15-11(3-2-4-14(18)19)9-5-6-12-10(7-9)8-13(17)16-12/h5-7,11,15H,2-4,8H2,1H3,(H,16,17)(H,18,19). The second-order valence-electron chi connectivity index (χ2n) is 4.77. The van der Waals surface area contributed by atoms with E-state index in [0.717, 1.165) is 23.2 Å². The molecule has 1 amide bonds. The van der Waals surface area contributed by atoms with Crippen LogP contribution in [0.25, 0.3) is 0 Å². The number of carbonyl (C=O) groups is 2. The lowest BCUT2D eigenvalue weighted by Gasteiger charge is -2.17. The SMILES string of the molecule is CNC(CCCC(=O)O)c1ccc2c(c1)CC(=O)N2. The van der Waals surface area contributed by atoms with Crippen molar-refractivity contribution in [1.82, 2.24) is 5.32 Å². The summed E-state index contributed by atoms with van der Waals surface area (Å²) in [4.78, 5) is 21.8. The number of rotatable bonds is 6. The van der Waals surface area contributed by atoms with Gasteiger partial charge in [-0.25, -0.2) is 0 Å². The predicted molar refractivity (Wildman–Crippen MR) is 72.1 cm³/mol. The van der Waals surface area contributed by atoms with E-state index in [1.165, 1.54) is 0 Å². The van der Waals surface area contributed by atoms with E-state index >= 15 is 0 Å². The van der Waals surface area contributed by atoms with E-state index in [4.69, 9.17) is 5.11 Å². The molecule has 3 N–H and O–H groups in total. The number of amides is 1. The number of anilines is 1. The number of benzene rings is 1. The number of hydrogen-bond donors (Lipinski definition) is 3. The summed E-state index contributed by atoms with van der Waals surface area (Å²) in [5, 5.41) is 14.7. The Labute approximate surface area is 112 Å². The van der Waals surface area contributed by atoms with Gasteiger partial charge >= 0.3 is 5.97 Å². The zero-order valence-corrected chi connectivity index (χ0v) is 10.9. The molecule has 1 aromatic rings. The first kappa shape index (κ1) is 13.5. The van der Waals surface area contributed by atoms with Crippen LogP contribution < -0.4 is 10.6 Å². The van der Waals surface area contributed by atoms with Crippen molar-refractivity contribution in [2.45, 2.75) is 31.7 Å². The van der Waals surface area contributed by atoms with Crippen LogP contribution in [0.1, 0.15) is 36.4 Å². The van der Waals surface area contributed by atoms with Crippen molar-refractivity contribution in [3.8, 4) is 0 Å². The summed E-state index contributed by atoms with van der Waals surface area (Å²) < 4.78 is 0. The molecule has 2 rings (SSSR count). The van der Waals surface area contributed by atoms with Crippen molar-refractivity contribution in [2.75, 3.05) is 12.4 Å². The molecule has 0 spiro atoms. The van der Waals surface area contributed by atoms with Crippen LogP contribution in [0.5, 0.6) is 0 Å². The van der Waals surface area contributed by atoms with Gasteiger partial charge in [0.15, 0.2) is 0 Å². The number of aliphatic carboxylic acids is 1. The van der Waals surface area contributed by atoms with E-state index in [9.17, 15) is 9.59 Å². The fourth-order valence-corrected chi connectivity index (χ4v) is 2.40. The predicted octanol–water partition coefficient (Wildman–Crippen LogP) is 1.70. The van der Waals surface area contributed by atoms with E-state index < -0.39 is 5.97 Å². The summed E-state index contributed by atoms with van der Waals surface area (Å²) in [6.45, 7) is 0. The van der Waals surface area contributed by atoms with Gasteiger partial charge in [0.2, 0.25) is 5.91 Å². The Kier molecular flexibility index (Phi) is 4.16. The first-order valence-corrected chi connectivity index (χ1v) is 6.42. The Balaban J connectivity index is 2.05.